The van der Waals surface area contributed by atoms with Crippen molar-refractivity contribution in [1.29, 1.82) is 0 Å². The zero-order valence-electron chi connectivity index (χ0n) is 47.3. The lowest BCUT2D eigenvalue weighted by Gasteiger charge is -2.50. The number of aromatic hydroxyl groups is 2. The highest BCUT2D eigenvalue weighted by atomic mass is 16.5. The second kappa shape index (κ2) is 23.4. The van der Waals surface area contributed by atoms with Crippen LogP contribution in [0.4, 0.5) is 0 Å². The van der Waals surface area contributed by atoms with E-state index in [-0.39, 0.29) is 114 Å². The molecule has 5 fully saturated rings. The van der Waals surface area contributed by atoms with Crippen molar-refractivity contribution in [2.45, 2.75) is 209 Å². The quantitative estimate of drug-likeness (QED) is 0.0903. The third-order valence-corrected chi connectivity index (χ3v) is 21.3. The summed E-state index contributed by atoms with van der Waals surface area (Å²) in [6.45, 7) is 4.87. The van der Waals surface area contributed by atoms with Gasteiger partial charge < -0.3 is 41.0 Å². The van der Waals surface area contributed by atoms with Crippen molar-refractivity contribution in [3.05, 3.63) is 110 Å². The number of hydrogen-bond donors (Lipinski definition) is 6. The molecule has 7 N–H and O–H groups in total. The van der Waals surface area contributed by atoms with Crippen molar-refractivity contribution in [2.24, 2.45) is 52.2 Å². The van der Waals surface area contributed by atoms with E-state index in [1.165, 1.54) is 29.5 Å². The highest BCUT2D eigenvalue weighted by molar-refractivity contribution is 5.98. The average Bonchev–Trinajstić information content (AvgIpc) is 4.05. The Morgan fingerprint density at radius 3 is 2.41 bits per heavy atom. The highest BCUT2D eigenvalue weighted by Gasteiger charge is 2.50. The first-order valence-electron chi connectivity index (χ1n) is 31.4. The number of Topliss-reactive ketones (excluding diaryl/α,β-unsaturated/α-hetero) is 1. The molecule has 11 atom stereocenters. The maximum Gasteiger partial charge on any atom is 0.189 e. The van der Waals surface area contributed by atoms with Gasteiger partial charge in [0.05, 0.1) is 37.0 Å². The summed E-state index contributed by atoms with van der Waals surface area (Å²) in [5.74, 6) is 8.82. The molecule has 8 aliphatic carbocycles. The van der Waals surface area contributed by atoms with Gasteiger partial charge in [-0.05, 0) is 207 Å². The summed E-state index contributed by atoms with van der Waals surface area (Å²) in [5.41, 5.74) is 17.2. The zero-order chi connectivity index (χ0) is 54.4. The Kier molecular flexibility index (Phi) is 16.2. The molecule has 0 amide bonds. The number of ether oxygens (including phenoxy) is 2. The van der Waals surface area contributed by atoms with Gasteiger partial charge in [-0.25, -0.2) is 4.99 Å². The molecular formula is C69H89N3O7. The van der Waals surface area contributed by atoms with Crippen LogP contribution < -0.4 is 15.8 Å². The average molecular weight is 1070 g/mol. The van der Waals surface area contributed by atoms with Crippen LogP contribution in [-0.2, 0) is 21.5 Å². The summed E-state index contributed by atoms with van der Waals surface area (Å²) in [6, 6.07) is 17.2. The van der Waals surface area contributed by atoms with E-state index in [0.717, 1.165) is 155 Å². The Labute approximate surface area is 470 Å². The van der Waals surface area contributed by atoms with Crippen molar-refractivity contribution >= 4 is 11.7 Å². The van der Waals surface area contributed by atoms with Crippen LogP contribution in [0.1, 0.15) is 218 Å². The number of aliphatic hydroxyl groups is 2. The van der Waals surface area contributed by atoms with Crippen LogP contribution in [0.25, 0.3) is 0 Å². The lowest BCUT2D eigenvalue weighted by Crippen LogP contribution is -2.50. The fraction of sp³-hybridized carbons (Fsp3) is 0.623. The summed E-state index contributed by atoms with van der Waals surface area (Å²) < 4.78 is 14.4. The van der Waals surface area contributed by atoms with E-state index < -0.39 is 0 Å². The van der Waals surface area contributed by atoms with Crippen LogP contribution in [0.5, 0.6) is 17.2 Å². The second-order valence-corrected chi connectivity index (χ2v) is 26.4. The van der Waals surface area contributed by atoms with Crippen molar-refractivity contribution < 1.29 is 34.7 Å². The number of ketones is 1. The molecule has 422 valence electrons. The predicted octanol–water partition coefficient (Wildman–Crippen LogP) is 12.8. The normalized spacial score (nSPS) is 31.9. The van der Waals surface area contributed by atoms with Gasteiger partial charge in [-0.3, -0.25) is 4.79 Å². The first kappa shape index (κ1) is 54.5. The molecule has 9 aliphatic rings. The van der Waals surface area contributed by atoms with Crippen LogP contribution in [-0.4, -0.2) is 70.2 Å². The van der Waals surface area contributed by atoms with Gasteiger partial charge in [0.15, 0.2) is 23.2 Å². The summed E-state index contributed by atoms with van der Waals surface area (Å²) in [4.78, 5) is 20.7. The molecule has 79 heavy (non-hydrogen) atoms. The molecule has 0 unspecified atom stereocenters. The molecule has 5 saturated carbocycles. The number of hydrogen-bond acceptors (Lipinski definition) is 10. The minimum atomic E-state index is -0.379. The van der Waals surface area contributed by atoms with Crippen LogP contribution in [0.3, 0.4) is 0 Å². The minimum absolute atomic E-state index is 0.00224. The number of nitrogens with two attached hydrogens (primary N) is 1. The number of allylic oxidation sites excluding steroid dienone is 3. The largest absolute Gasteiger partial charge is 0.508 e. The van der Waals surface area contributed by atoms with E-state index in [1.807, 2.05) is 12.1 Å². The Balaban J connectivity index is 1.08. The van der Waals surface area contributed by atoms with Crippen molar-refractivity contribution in [3.63, 3.8) is 0 Å². The molecule has 10 heteroatoms. The van der Waals surface area contributed by atoms with Gasteiger partial charge in [0.1, 0.15) is 5.75 Å². The molecular weight excluding hydrogens is 983 g/mol. The summed E-state index contributed by atoms with van der Waals surface area (Å²) >= 11 is 0. The van der Waals surface area contributed by atoms with E-state index in [4.69, 9.17) is 20.2 Å². The summed E-state index contributed by atoms with van der Waals surface area (Å²) in [6.07, 6.45) is 24.6. The molecule has 3 aromatic rings. The van der Waals surface area contributed by atoms with Gasteiger partial charge in [0, 0.05) is 42.4 Å². The molecule has 1 spiro atoms. The number of nitrogens with one attached hydrogen (secondary N) is 1. The number of carbonyl (C=O) groups excluding carboxylic acids is 1. The van der Waals surface area contributed by atoms with Gasteiger partial charge in [-0.1, -0.05) is 106 Å². The van der Waals surface area contributed by atoms with Crippen molar-refractivity contribution in [2.75, 3.05) is 19.8 Å². The Morgan fingerprint density at radius 1 is 0.848 bits per heavy atom. The molecule has 1 aliphatic heterocycles. The van der Waals surface area contributed by atoms with E-state index in [1.54, 1.807) is 0 Å². The molecule has 0 saturated heterocycles. The number of phenols is 2. The smallest absolute Gasteiger partial charge is 0.189 e. The van der Waals surface area contributed by atoms with Crippen LogP contribution >= 0.6 is 0 Å². The standard InChI is InChI=1S/C69H89N3O7/c1-3-54-48(38-73)32-45-23-22-44(36-62(76)64(45)60(54)39-74)57-37-63(79-53-19-8-9-20-53)67(77)66-55(57)21-13-16-50-33-47-35-58-56(26-41(2)27-59(58)65(66)61(47)40-78-52-17-6-4-7-18-52)46-29-43(31-51(75)34-46)28-42-14-12-15-49(30-42)69(72-68(70)71-50)24-10-5-11-25-69/h12,14-15,29-31,34-35,37,41,44-45,47-48,50,52-54,56,59,61,65,73-75,77H,3-11,16-20,22-28,32-33,36,38-40H2,1-2H3,(H3,70,71,72)/t41-,44+,45-,47-,48+,50-,54-,56-,59-,61+,65+/m0/s1. The Bertz CT molecular complexity index is 2890. The number of aliphatic hydroxyl groups excluding tert-OH is 2. The molecule has 12 rings (SSSR count). The van der Waals surface area contributed by atoms with E-state index in [9.17, 15) is 20.4 Å². The molecule has 1 heterocycles. The number of phenolic OH excluding ortho intramolecular Hbond substituents is 2. The van der Waals surface area contributed by atoms with Crippen LogP contribution in [0.2, 0.25) is 0 Å². The lowest BCUT2D eigenvalue weighted by molar-refractivity contribution is -0.116. The first-order chi connectivity index (χ1) is 38.5. The van der Waals surface area contributed by atoms with Crippen LogP contribution in [0.15, 0.2) is 76.3 Å². The van der Waals surface area contributed by atoms with E-state index >= 15 is 4.79 Å². The number of rotatable bonds is 9. The second-order valence-electron chi connectivity index (χ2n) is 26.4. The third kappa shape index (κ3) is 11.0. The number of carbonyl (C=O) groups is 1. The Morgan fingerprint density at radius 2 is 1.62 bits per heavy atom. The zero-order valence-corrected chi connectivity index (χ0v) is 47.3. The van der Waals surface area contributed by atoms with Gasteiger partial charge in [0.25, 0.3) is 0 Å². The van der Waals surface area contributed by atoms with Crippen LogP contribution in [0, 0.1) is 53.3 Å². The van der Waals surface area contributed by atoms with Gasteiger partial charge in [-0.2, -0.15) is 0 Å². The van der Waals surface area contributed by atoms with E-state index in [2.05, 4.69) is 73.5 Å². The molecule has 10 nitrogen and oxygen atoms in total. The van der Waals surface area contributed by atoms with Gasteiger partial charge in [0.2, 0.25) is 0 Å². The molecule has 8 bridgehead atoms. The SMILES string of the molecule is CC[C@@H]1C(CO)=C2C(=O)C[C@H](c3cc(OC4CCCC4)c(O)c4c3C#CC[C@H]3C[C@H]5C=C6[C@@H](C[C@H](C)C[C@@H]6[C@@H]4[C@@H]5COC4CCCCC4)c4cc(O)cc(c4)Cc4cccc(c4)C4(CCCCC4)NC(N)=N3)CC[C@H]2C[C@@H]1CO. The number of nitrogens with zero attached hydrogens (tertiary/aromatic N) is 1. The third-order valence-electron chi connectivity index (χ3n) is 21.3. The van der Waals surface area contributed by atoms with Gasteiger partial charge >= 0.3 is 0 Å². The number of fused-ring (bicyclic) bond motifs is 12. The monoisotopic (exact) mass is 1070 g/mol. The number of benzene rings is 3. The fourth-order valence-electron chi connectivity index (χ4n) is 17.7. The summed E-state index contributed by atoms with van der Waals surface area (Å²) in [5, 5.41) is 50.9. The van der Waals surface area contributed by atoms with Crippen molar-refractivity contribution in [3.8, 4) is 29.1 Å². The fourth-order valence-corrected chi connectivity index (χ4v) is 17.7. The Hall–Kier alpha value is -5.08. The van der Waals surface area contributed by atoms with Crippen molar-refractivity contribution in [1.82, 2.24) is 5.32 Å². The molecule has 3 aromatic carbocycles. The van der Waals surface area contributed by atoms with E-state index in [0.29, 0.717) is 43.5 Å². The first-order valence-corrected chi connectivity index (χ1v) is 31.4. The highest BCUT2D eigenvalue weighted by Crippen LogP contribution is 2.61. The number of aliphatic imine (C=N–C) groups is 1. The topological polar surface area (TPSA) is 167 Å². The minimum Gasteiger partial charge on any atom is -0.508 e. The van der Waals surface area contributed by atoms with Gasteiger partial charge in [-0.15, -0.1) is 0 Å². The maximum atomic E-state index is 15.2. The molecule has 0 aromatic heterocycles. The number of guanidine groups is 1. The molecule has 0 radical (unpaired) electrons. The summed E-state index contributed by atoms with van der Waals surface area (Å²) in [7, 11) is 0. The maximum absolute atomic E-state index is 15.2. The lowest BCUT2D eigenvalue weighted by atomic mass is 9.55. The predicted molar refractivity (Wildman–Crippen MR) is 311 cm³/mol.